The summed E-state index contributed by atoms with van der Waals surface area (Å²) in [6.45, 7) is 2.34. The largest absolute Gasteiger partial charge is 0.465 e. The molecule has 2 aromatic rings. The van der Waals surface area contributed by atoms with Gasteiger partial charge in [0.25, 0.3) is 5.69 Å². The number of ether oxygens (including phenoxy) is 1. The van der Waals surface area contributed by atoms with E-state index in [0.717, 1.165) is 11.6 Å². The highest BCUT2D eigenvalue weighted by atomic mass is 32.2. The maximum absolute atomic E-state index is 13.0. The van der Waals surface area contributed by atoms with Gasteiger partial charge in [-0.2, -0.15) is 4.31 Å². The van der Waals surface area contributed by atoms with Crippen LogP contribution in [0.2, 0.25) is 0 Å². The molecule has 1 aliphatic rings. The van der Waals surface area contributed by atoms with Crippen LogP contribution in [0.5, 0.6) is 0 Å². The quantitative estimate of drug-likeness (QED) is 0.342. The van der Waals surface area contributed by atoms with Crippen LogP contribution in [0.4, 0.5) is 5.69 Å². The summed E-state index contributed by atoms with van der Waals surface area (Å²) < 4.78 is 32.0. The van der Waals surface area contributed by atoms with Gasteiger partial charge in [-0.1, -0.05) is 18.2 Å². The van der Waals surface area contributed by atoms with E-state index in [1.807, 2.05) is 0 Å². The molecule has 0 bridgehead atoms. The third-order valence-corrected chi connectivity index (χ3v) is 7.95. The van der Waals surface area contributed by atoms with Crippen LogP contribution in [0, 0.1) is 23.0 Å². The summed E-state index contributed by atoms with van der Waals surface area (Å²) in [6.07, 6.45) is 1.33. The van der Waals surface area contributed by atoms with Crippen molar-refractivity contribution in [1.82, 2.24) is 9.62 Å². The molecule has 182 valence electrons. The second-order valence-corrected chi connectivity index (χ2v) is 10.0. The second-order valence-electron chi connectivity index (χ2n) is 8.11. The number of rotatable bonds is 8. The Kier molecular flexibility index (Phi) is 8.00. The first-order valence-electron chi connectivity index (χ1n) is 10.8. The Labute approximate surface area is 198 Å². The maximum atomic E-state index is 13.0. The van der Waals surface area contributed by atoms with Crippen molar-refractivity contribution in [1.29, 1.82) is 0 Å². The molecule has 0 aromatic heterocycles. The van der Waals surface area contributed by atoms with Crippen LogP contribution in [-0.4, -0.2) is 56.3 Å². The van der Waals surface area contributed by atoms with Crippen LogP contribution < -0.4 is 5.32 Å². The summed E-state index contributed by atoms with van der Waals surface area (Å²) in [4.78, 5) is 34.4. The van der Waals surface area contributed by atoms with Crippen LogP contribution in [0.1, 0.15) is 34.3 Å². The third kappa shape index (κ3) is 5.78. The lowest BCUT2D eigenvalue weighted by Gasteiger charge is -2.30. The van der Waals surface area contributed by atoms with Gasteiger partial charge in [-0.25, -0.2) is 13.2 Å². The minimum absolute atomic E-state index is 0.0807. The van der Waals surface area contributed by atoms with Gasteiger partial charge in [0, 0.05) is 37.7 Å². The fourth-order valence-electron chi connectivity index (χ4n) is 3.88. The molecular weight excluding hydrogens is 462 g/mol. The smallest absolute Gasteiger partial charge is 0.337 e. The topological polar surface area (TPSA) is 136 Å². The van der Waals surface area contributed by atoms with Crippen molar-refractivity contribution in [2.45, 2.75) is 31.1 Å². The Morgan fingerprint density at radius 2 is 1.79 bits per heavy atom. The normalized spacial score (nSPS) is 15.0. The van der Waals surface area contributed by atoms with E-state index in [4.69, 9.17) is 0 Å². The number of sulfonamides is 1. The molecule has 0 saturated carbocycles. The van der Waals surface area contributed by atoms with Crippen molar-refractivity contribution < 1.29 is 27.7 Å². The molecule has 0 spiro atoms. The van der Waals surface area contributed by atoms with Gasteiger partial charge in [0.15, 0.2) is 0 Å². The molecule has 34 heavy (non-hydrogen) atoms. The molecule has 1 amide bonds. The van der Waals surface area contributed by atoms with Crippen LogP contribution in [0.25, 0.3) is 0 Å². The number of methoxy groups -OCH3 is 1. The van der Waals surface area contributed by atoms with Crippen molar-refractivity contribution in [3.63, 3.8) is 0 Å². The number of esters is 1. The van der Waals surface area contributed by atoms with E-state index in [1.165, 1.54) is 23.5 Å². The van der Waals surface area contributed by atoms with E-state index in [1.54, 1.807) is 31.2 Å². The second kappa shape index (κ2) is 10.7. The van der Waals surface area contributed by atoms with Gasteiger partial charge in [-0.15, -0.1) is 0 Å². The number of nitrogens with zero attached hydrogens (tertiary/aromatic N) is 2. The van der Waals surface area contributed by atoms with E-state index < -0.39 is 20.9 Å². The standard InChI is InChI=1S/C23H27N3O7S/c1-16-3-8-20(26(29)30)15-21(16)34(31,32)25-13-10-18(11-14-25)22(27)24-12-9-17-4-6-19(7-5-17)23(28)33-2/h3-8,15,18H,9-14H2,1-2H3,(H,24,27). The number of hydrogen-bond donors (Lipinski definition) is 1. The van der Waals surface area contributed by atoms with Crippen molar-refractivity contribution >= 4 is 27.6 Å². The zero-order valence-electron chi connectivity index (χ0n) is 19.0. The lowest BCUT2D eigenvalue weighted by atomic mass is 9.97. The maximum Gasteiger partial charge on any atom is 0.337 e. The summed E-state index contributed by atoms with van der Waals surface area (Å²) in [7, 11) is -2.58. The molecule has 0 radical (unpaired) electrons. The highest BCUT2D eigenvalue weighted by molar-refractivity contribution is 7.89. The molecule has 0 aliphatic carbocycles. The molecule has 2 aromatic carbocycles. The van der Waals surface area contributed by atoms with Gasteiger partial charge in [0.2, 0.25) is 15.9 Å². The Balaban J connectivity index is 1.52. The Morgan fingerprint density at radius 3 is 2.38 bits per heavy atom. The molecule has 1 saturated heterocycles. The SMILES string of the molecule is COC(=O)c1ccc(CCNC(=O)C2CCN(S(=O)(=O)c3cc([N+](=O)[O-])ccc3C)CC2)cc1. The number of nitro groups is 1. The third-order valence-electron chi connectivity index (χ3n) is 5.91. The number of benzene rings is 2. The average Bonchev–Trinajstić information content (AvgIpc) is 2.84. The minimum atomic E-state index is -3.90. The van der Waals surface area contributed by atoms with Crippen LogP contribution in [0.15, 0.2) is 47.4 Å². The molecule has 1 N–H and O–H groups in total. The van der Waals surface area contributed by atoms with Crippen LogP contribution in [-0.2, 0) is 26.0 Å². The number of non-ortho nitro benzene ring substituents is 1. The minimum Gasteiger partial charge on any atom is -0.465 e. The first-order chi connectivity index (χ1) is 16.1. The van der Waals surface area contributed by atoms with Crippen LogP contribution >= 0.6 is 0 Å². The molecule has 11 heteroatoms. The number of hydrogen-bond acceptors (Lipinski definition) is 7. The average molecular weight is 490 g/mol. The Hall–Kier alpha value is -3.31. The number of carbonyl (C=O) groups is 2. The van der Waals surface area contributed by atoms with Crippen molar-refractivity contribution in [2.24, 2.45) is 5.92 Å². The van der Waals surface area contributed by atoms with Gasteiger partial charge in [-0.3, -0.25) is 14.9 Å². The van der Waals surface area contributed by atoms with E-state index in [2.05, 4.69) is 10.1 Å². The van der Waals surface area contributed by atoms with Gasteiger partial charge in [0.1, 0.15) is 0 Å². The highest BCUT2D eigenvalue weighted by Crippen LogP contribution is 2.28. The monoisotopic (exact) mass is 489 g/mol. The number of nitrogens with one attached hydrogen (secondary N) is 1. The number of nitro benzene ring substituents is 1. The van der Waals surface area contributed by atoms with E-state index in [-0.39, 0.29) is 35.5 Å². The number of carbonyl (C=O) groups excluding carboxylic acids is 2. The lowest BCUT2D eigenvalue weighted by Crippen LogP contribution is -2.43. The van der Waals surface area contributed by atoms with Crippen molar-refractivity contribution in [3.8, 4) is 0 Å². The van der Waals surface area contributed by atoms with Crippen LogP contribution in [0.3, 0.4) is 0 Å². The summed E-state index contributed by atoms with van der Waals surface area (Å²) >= 11 is 0. The summed E-state index contributed by atoms with van der Waals surface area (Å²) in [5, 5.41) is 13.9. The predicted molar refractivity (Wildman–Crippen MR) is 124 cm³/mol. The van der Waals surface area contributed by atoms with Crippen molar-refractivity contribution in [2.75, 3.05) is 26.7 Å². The zero-order chi connectivity index (χ0) is 24.9. The fraction of sp³-hybridized carbons (Fsp3) is 0.391. The lowest BCUT2D eigenvalue weighted by molar-refractivity contribution is -0.385. The summed E-state index contributed by atoms with van der Waals surface area (Å²) in [5.41, 5.74) is 1.57. The van der Waals surface area contributed by atoms with E-state index >= 15 is 0 Å². The molecule has 0 atom stereocenters. The number of amides is 1. The summed E-state index contributed by atoms with van der Waals surface area (Å²) in [5.74, 6) is -0.844. The Bertz CT molecular complexity index is 1170. The molecule has 3 rings (SSSR count). The molecular formula is C23H27N3O7S. The van der Waals surface area contributed by atoms with Gasteiger partial charge >= 0.3 is 5.97 Å². The first kappa shape index (κ1) is 25.3. The van der Waals surface area contributed by atoms with E-state index in [9.17, 15) is 28.1 Å². The number of piperidine rings is 1. The predicted octanol–water partition coefficient (Wildman–Crippen LogP) is 2.45. The molecule has 10 nitrogen and oxygen atoms in total. The van der Waals surface area contributed by atoms with Gasteiger partial charge in [0.05, 0.1) is 22.5 Å². The fourth-order valence-corrected chi connectivity index (χ4v) is 5.59. The summed E-state index contributed by atoms with van der Waals surface area (Å²) in [6, 6.07) is 10.7. The van der Waals surface area contributed by atoms with Crippen molar-refractivity contribution in [3.05, 3.63) is 69.3 Å². The van der Waals surface area contributed by atoms with E-state index in [0.29, 0.717) is 36.9 Å². The van der Waals surface area contributed by atoms with Gasteiger partial charge < -0.3 is 10.1 Å². The number of aryl methyl sites for hydroxylation is 1. The molecule has 1 fully saturated rings. The molecule has 1 heterocycles. The molecule has 0 unspecified atom stereocenters. The molecule has 1 aliphatic heterocycles. The Morgan fingerprint density at radius 1 is 1.15 bits per heavy atom. The zero-order valence-corrected chi connectivity index (χ0v) is 19.8. The highest BCUT2D eigenvalue weighted by Gasteiger charge is 2.33. The first-order valence-corrected chi connectivity index (χ1v) is 12.3. The van der Waals surface area contributed by atoms with Gasteiger partial charge in [-0.05, 0) is 49.4 Å².